The zero-order chi connectivity index (χ0) is 25.1. The summed E-state index contributed by atoms with van der Waals surface area (Å²) in [5.74, 6) is -1.06. The Bertz CT molecular complexity index is 1090. The topological polar surface area (TPSA) is 93.8 Å². The number of ether oxygens (including phenoxy) is 1. The maximum atomic E-state index is 12.9. The summed E-state index contributed by atoms with van der Waals surface area (Å²) in [6.07, 6.45) is 11.4. The molecule has 184 valence electrons. The van der Waals surface area contributed by atoms with Crippen LogP contribution in [0.3, 0.4) is 0 Å². The average Bonchev–Trinajstić information content (AvgIpc) is 3.25. The molecule has 1 unspecified atom stereocenters. The minimum atomic E-state index is -0.840. The van der Waals surface area contributed by atoms with Crippen molar-refractivity contribution < 1.29 is 23.8 Å². The normalized spacial score (nSPS) is 12.8. The lowest BCUT2D eigenvalue weighted by molar-refractivity contribution is -0.139. The summed E-state index contributed by atoms with van der Waals surface area (Å²) in [6, 6.07) is 5.38. The van der Waals surface area contributed by atoms with Crippen LogP contribution in [-0.2, 0) is 16.0 Å². The van der Waals surface area contributed by atoms with Crippen molar-refractivity contribution in [2.75, 3.05) is 7.11 Å². The number of carbonyl (C=O) groups excluding carboxylic acids is 2. The minimum absolute atomic E-state index is 0.153. The van der Waals surface area contributed by atoms with Crippen molar-refractivity contribution in [3.8, 4) is 5.75 Å². The second-order valence-electron chi connectivity index (χ2n) is 8.34. The van der Waals surface area contributed by atoms with Crippen LogP contribution >= 0.6 is 11.3 Å². The highest BCUT2D eigenvalue weighted by molar-refractivity contribution is 7.12. The van der Waals surface area contributed by atoms with E-state index in [0.717, 1.165) is 17.7 Å². The van der Waals surface area contributed by atoms with Crippen LogP contribution in [0.2, 0.25) is 0 Å². The smallest absolute Gasteiger partial charge is 0.351 e. The van der Waals surface area contributed by atoms with Crippen LogP contribution in [0.4, 0.5) is 0 Å². The Labute approximate surface area is 205 Å². The Morgan fingerprint density at radius 1 is 1.24 bits per heavy atom. The fourth-order valence-electron chi connectivity index (χ4n) is 3.45. The monoisotopic (exact) mass is 486 g/mol. The molecule has 1 N–H and O–H groups in total. The lowest BCUT2D eigenvalue weighted by atomic mass is 9.99. The Morgan fingerprint density at radius 2 is 2.00 bits per heavy atom. The quantitative estimate of drug-likeness (QED) is 0.115. The van der Waals surface area contributed by atoms with Crippen molar-refractivity contribution in [1.29, 1.82) is 0 Å². The van der Waals surface area contributed by atoms with Gasteiger partial charge in [0.2, 0.25) is 0 Å². The van der Waals surface area contributed by atoms with Gasteiger partial charge in [-0.3, -0.25) is 9.59 Å². The zero-order valence-electron chi connectivity index (χ0n) is 20.4. The van der Waals surface area contributed by atoms with Gasteiger partial charge in [-0.25, -0.2) is 4.79 Å². The molecule has 0 aliphatic heterocycles. The van der Waals surface area contributed by atoms with Crippen LogP contribution < -0.4 is 5.63 Å². The second-order valence-corrected chi connectivity index (χ2v) is 9.54. The SMILES string of the molecule is CCCCCc1ccc(C=C(C)C(=O)c2c(O)cc(C(C)CC/C=C/CC(=O)OC)oc2=O)s1. The Morgan fingerprint density at radius 3 is 2.68 bits per heavy atom. The number of allylic oxidation sites excluding steroid dienone is 2. The Kier molecular flexibility index (Phi) is 11.0. The summed E-state index contributed by atoms with van der Waals surface area (Å²) in [7, 11) is 1.34. The van der Waals surface area contributed by atoms with E-state index in [1.165, 1.54) is 30.9 Å². The molecule has 0 saturated carbocycles. The van der Waals surface area contributed by atoms with Crippen molar-refractivity contribution in [2.45, 2.75) is 71.6 Å². The molecular formula is C27H34O6S. The highest BCUT2D eigenvalue weighted by atomic mass is 32.1. The third-order valence-electron chi connectivity index (χ3n) is 5.53. The molecule has 0 spiro atoms. The van der Waals surface area contributed by atoms with Crippen molar-refractivity contribution in [3.63, 3.8) is 0 Å². The van der Waals surface area contributed by atoms with Gasteiger partial charge in [-0.05, 0) is 56.4 Å². The molecule has 0 bridgehead atoms. The first-order chi connectivity index (χ1) is 16.3. The Balaban J connectivity index is 2.07. The first kappa shape index (κ1) is 27.3. The number of hydrogen-bond donors (Lipinski definition) is 1. The molecule has 2 heterocycles. The predicted octanol–water partition coefficient (Wildman–Crippen LogP) is 6.43. The van der Waals surface area contributed by atoms with Crippen LogP contribution in [0.15, 0.2) is 45.1 Å². The van der Waals surface area contributed by atoms with E-state index >= 15 is 0 Å². The molecule has 7 heteroatoms. The molecule has 0 fully saturated rings. The lowest BCUT2D eigenvalue weighted by Gasteiger charge is -2.11. The first-order valence-corrected chi connectivity index (χ1v) is 12.5. The maximum absolute atomic E-state index is 12.9. The van der Waals surface area contributed by atoms with Gasteiger partial charge < -0.3 is 14.3 Å². The number of unbranched alkanes of at least 4 members (excludes halogenated alkanes) is 2. The lowest BCUT2D eigenvalue weighted by Crippen LogP contribution is -2.16. The molecule has 0 amide bonds. The summed E-state index contributed by atoms with van der Waals surface area (Å²) >= 11 is 1.63. The van der Waals surface area contributed by atoms with Crippen LogP contribution in [0.1, 0.15) is 91.1 Å². The van der Waals surface area contributed by atoms with Gasteiger partial charge in [0.15, 0.2) is 5.78 Å². The van der Waals surface area contributed by atoms with Gasteiger partial charge in [0.05, 0.1) is 13.5 Å². The molecule has 2 aromatic heterocycles. The van der Waals surface area contributed by atoms with E-state index in [1.807, 2.05) is 19.1 Å². The fraction of sp³-hybridized carbons (Fsp3) is 0.444. The summed E-state index contributed by atoms with van der Waals surface area (Å²) in [5.41, 5.74) is -0.823. The number of methoxy groups -OCH3 is 1. The standard InChI is InChI=1S/C27H34O6S/c1-5-6-8-12-20-14-15-21(34-20)16-19(3)26(30)25-22(28)17-23(33-27(25)31)18(2)11-9-7-10-13-24(29)32-4/h7,10,14-18,28H,5-6,8-9,11-13H2,1-4H3/b10-7+,19-16?. The third kappa shape index (κ3) is 8.13. The molecular weight excluding hydrogens is 452 g/mol. The number of aromatic hydroxyl groups is 1. The van der Waals surface area contributed by atoms with Crippen LogP contribution in [0.25, 0.3) is 6.08 Å². The van der Waals surface area contributed by atoms with Crippen LogP contribution in [0, 0.1) is 0 Å². The molecule has 0 aliphatic carbocycles. The predicted molar refractivity (Wildman–Crippen MR) is 136 cm³/mol. The number of esters is 1. The van der Waals surface area contributed by atoms with Gasteiger partial charge in [-0.2, -0.15) is 0 Å². The van der Waals surface area contributed by atoms with E-state index in [-0.39, 0.29) is 29.6 Å². The van der Waals surface area contributed by atoms with E-state index in [2.05, 4.69) is 17.7 Å². The van der Waals surface area contributed by atoms with Gasteiger partial charge >= 0.3 is 11.6 Å². The molecule has 1 atom stereocenters. The molecule has 34 heavy (non-hydrogen) atoms. The molecule has 0 aromatic carbocycles. The molecule has 6 nitrogen and oxygen atoms in total. The van der Waals surface area contributed by atoms with E-state index in [4.69, 9.17) is 4.42 Å². The van der Waals surface area contributed by atoms with E-state index < -0.39 is 11.4 Å². The largest absolute Gasteiger partial charge is 0.507 e. The minimum Gasteiger partial charge on any atom is -0.507 e. The number of carbonyl (C=O) groups is 2. The summed E-state index contributed by atoms with van der Waals surface area (Å²) in [5, 5.41) is 10.5. The summed E-state index contributed by atoms with van der Waals surface area (Å²) < 4.78 is 9.96. The third-order valence-corrected chi connectivity index (χ3v) is 6.63. The number of hydrogen-bond acceptors (Lipinski definition) is 7. The summed E-state index contributed by atoms with van der Waals surface area (Å²) in [6.45, 7) is 5.67. The maximum Gasteiger partial charge on any atom is 0.351 e. The first-order valence-electron chi connectivity index (χ1n) is 11.7. The van der Waals surface area contributed by atoms with Crippen molar-refractivity contribution in [3.05, 3.63) is 67.4 Å². The van der Waals surface area contributed by atoms with E-state index in [9.17, 15) is 19.5 Å². The van der Waals surface area contributed by atoms with Gasteiger partial charge in [-0.15, -0.1) is 11.3 Å². The number of Topliss-reactive ketones (excluding diaryl/α,β-unsaturated/α-hetero) is 1. The van der Waals surface area contributed by atoms with E-state index in [1.54, 1.807) is 30.4 Å². The van der Waals surface area contributed by atoms with Crippen LogP contribution in [-0.4, -0.2) is 24.0 Å². The van der Waals surface area contributed by atoms with Crippen molar-refractivity contribution >= 4 is 29.2 Å². The average molecular weight is 487 g/mol. The fourth-order valence-corrected chi connectivity index (χ4v) is 4.51. The number of rotatable bonds is 13. The molecule has 0 radical (unpaired) electrons. The highest BCUT2D eigenvalue weighted by Crippen LogP contribution is 2.27. The van der Waals surface area contributed by atoms with E-state index in [0.29, 0.717) is 24.2 Å². The van der Waals surface area contributed by atoms with Gasteiger partial charge in [0.25, 0.3) is 0 Å². The summed E-state index contributed by atoms with van der Waals surface area (Å²) in [4.78, 5) is 38.8. The van der Waals surface area contributed by atoms with Gasteiger partial charge in [0, 0.05) is 21.7 Å². The van der Waals surface area contributed by atoms with Crippen molar-refractivity contribution in [1.82, 2.24) is 0 Å². The van der Waals surface area contributed by atoms with Crippen molar-refractivity contribution in [2.24, 2.45) is 0 Å². The number of aryl methyl sites for hydroxylation is 1. The van der Waals surface area contributed by atoms with Gasteiger partial charge in [0.1, 0.15) is 17.1 Å². The molecule has 2 rings (SSSR count). The number of ketones is 1. The zero-order valence-corrected chi connectivity index (χ0v) is 21.2. The number of thiophene rings is 1. The molecule has 2 aromatic rings. The second kappa shape index (κ2) is 13.7. The Hall–Kier alpha value is -2.93. The van der Waals surface area contributed by atoms with Crippen LogP contribution in [0.5, 0.6) is 5.75 Å². The van der Waals surface area contributed by atoms with Gasteiger partial charge in [-0.1, -0.05) is 38.8 Å². The molecule has 0 saturated heterocycles. The highest BCUT2D eigenvalue weighted by Gasteiger charge is 2.22. The molecule has 0 aliphatic rings.